The lowest BCUT2D eigenvalue weighted by atomic mass is 10.0. The zero-order chi connectivity index (χ0) is 12.9. The number of likely N-dealkylation sites (N-methyl/N-ethyl adjacent to an activating group) is 1. The Morgan fingerprint density at radius 3 is 2.71 bits per heavy atom. The van der Waals surface area contributed by atoms with Crippen molar-refractivity contribution in [3.63, 3.8) is 0 Å². The SMILES string of the molecule is CCCOc1cc(N(C)C(C)(C)CN)ncn1. The lowest BCUT2D eigenvalue weighted by Gasteiger charge is -2.35. The van der Waals surface area contributed by atoms with E-state index in [2.05, 4.69) is 30.7 Å². The molecule has 0 aromatic carbocycles. The quantitative estimate of drug-likeness (QED) is 0.812. The highest BCUT2D eigenvalue weighted by atomic mass is 16.5. The van der Waals surface area contributed by atoms with E-state index in [9.17, 15) is 0 Å². The van der Waals surface area contributed by atoms with Crippen LogP contribution in [0.3, 0.4) is 0 Å². The molecule has 0 fully saturated rings. The Balaban J connectivity index is 2.84. The third-order valence-electron chi connectivity index (χ3n) is 2.83. The van der Waals surface area contributed by atoms with Gasteiger partial charge in [-0.05, 0) is 20.3 Å². The van der Waals surface area contributed by atoms with Gasteiger partial charge < -0.3 is 15.4 Å². The van der Waals surface area contributed by atoms with Crippen LogP contribution in [0.25, 0.3) is 0 Å². The first-order valence-corrected chi connectivity index (χ1v) is 5.90. The average molecular weight is 238 g/mol. The van der Waals surface area contributed by atoms with Crippen molar-refractivity contribution in [2.24, 2.45) is 5.73 Å². The molecule has 2 N–H and O–H groups in total. The molecule has 96 valence electrons. The number of rotatable bonds is 6. The largest absolute Gasteiger partial charge is 0.478 e. The summed E-state index contributed by atoms with van der Waals surface area (Å²) in [4.78, 5) is 10.4. The Morgan fingerprint density at radius 1 is 1.41 bits per heavy atom. The summed E-state index contributed by atoms with van der Waals surface area (Å²) in [6.45, 7) is 7.42. The number of aromatic nitrogens is 2. The first kappa shape index (κ1) is 13.7. The van der Waals surface area contributed by atoms with Crippen LogP contribution >= 0.6 is 0 Å². The Labute approximate surface area is 103 Å². The Kier molecular flexibility index (Phi) is 4.69. The van der Waals surface area contributed by atoms with Gasteiger partial charge in [0, 0.05) is 25.2 Å². The van der Waals surface area contributed by atoms with Crippen LogP contribution in [0.5, 0.6) is 5.88 Å². The molecule has 17 heavy (non-hydrogen) atoms. The van der Waals surface area contributed by atoms with E-state index >= 15 is 0 Å². The molecule has 1 heterocycles. The van der Waals surface area contributed by atoms with Crippen LogP contribution in [0, 0.1) is 0 Å². The van der Waals surface area contributed by atoms with E-state index in [1.54, 1.807) is 0 Å². The van der Waals surface area contributed by atoms with Crippen LogP contribution in [0.1, 0.15) is 27.2 Å². The average Bonchev–Trinajstić information content (AvgIpc) is 2.35. The van der Waals surface area contributed by atoms with Gasteiger partial charge in [-0.1, -0.05) is 6.92 Å². The summed E-state index contributed by atoms with van der Waals surface area (Å²) < 4.78 is 5.48. The van der Waals surface area contributed by atoms with Gasteiger partial charge in [-0.2, -0.15) is 0 Å². The van der Waals surface area contributed by atoms with E-state index in [1.165, 1.54) is 6.33 Å². The summed E-state index contributed by atoms with van der Waals surface area (Å²) in [6.07, 6.45) is 2.48. The molecule has 5 nitrogen and oxygen atoms in total. The molecule has 0 bridgehead atoms. The first-order chi connectivity index (χ1) is 8.01. The van der Waals surface area contributed by atoms with Gasteiger partial charge in [-0.15, -0.1) is 0 Å². The summed E-state index contributed by atoms with van der Waals surface area (Å²) in [6, 6.07) is 1.84. The summed E-state index contributed by atoms with van der Waals surface area (Å²) in [7, 11) is 1.97. The molecule has 0 atom stereocenters. The van der Waals surface area contributed by atoms with Crippen molar-refractivity contribution in [3.05, 3.63) is 12.4 Å². The molecule has 0 saturated carbocycles. The summed E-state index contributed by atoms with van der Waals surface area (Å²) in [5.41, 5.74) is 5.60. The second-order valence-electron chi connectivity index (χ2n) is 4.64. The Bertz CT molecular complexity index is 354. The highest BCUT2D eigenvalue weighted by Gasteiger charge is 2.23. The van der Waals surface area contributed by atoms with Gasteiger partial charge >= 0.3 is 0 Å². The van der Waals surface area contributed by atoms with Gasteiger partial charge in [0.15, 0.2) is 0 Å². The molecule has 0 unspecified atom stereocenters. The van der Waals surface area contributed by atoms with Crippen LogP contribution in [-0.4, -0.2) is 35.7 Å². The molecule has 5 heteroatoms. The predicted molar refractivity (Wildman–Crippen MR) is 69.4 cm³/mol. The highest BCUT2D eigenvalue weighted by Crippen LogP contribution is 2.21. The van der Waals surface area contributed by atoms with E-state index in [0.717, 1.165) is 12.2 Å². The van der Waals surface area contributed by atoms with E-state index in [1.807, 2.05) is 18.0 Å². The number of ether oxygens (including phenoxy) is 1. The minimum absolute atomic E-state index is 0.142. The number of hydrogen-bond donors (Lipinski definition) is 1. The topological polar surface area (TPSA) is 64.3 Å². The van der Waals surface area contributed by atoms with Crippen LogP contribution in [0.4, 0.5) is 5.82 Å². The van der Waals surface area contributed by atoms with E-state index in [0.29, 0.717) is 19.0 Å². The maximum atomic E-state index is 5.75. The smallest absolute Gasteiger partial charge is 0.218 e. The number of hydrogen-bond acceptors (Lipinski definition) is 5. The van der Waals surface area contributed by atoms with Gasteiger partial charge in [0.2, 0.25) is 5.88 Å². The van der Waals surface area contributed by atoms with Crippen molar-refractivity contribution < 1.29 is 4.74 Å². The van der Waals surface area contributed by atoms with Crippen molar-refractivity contribution in [1.29, 1.82) is 0 Å². The normalized spacial score (nSPS) is 11.4. The van der Waals surface area contributed by atoms with Gasteiger partial charge in [-0.3, -0.25) is 0 Å². The lowest BCUT2D eigenvalue weighted by Crippen LogP contribution is -2.47. The highest BCUT2D eigenvalue weighted by molar-refractivity contribution is 5.42. The molecule has 0 saturated heterocycles. The van der Waals surface area contributed by atoms with Crippen LogP contribution < -0.4 is 15.4 Å². The Morgan fingerprint density at radius 2 is 2.12 bits per heavy atom. The fourth-order valence-electron chi connectivity index (χ4n) is 1.25. The second-order valence-corrected chi connectivity index (χ2v) is 4.64. The number of nitrogens with two attached hydrogens (primary N) is 1. The van der Waals surface area contributed by atoms with Crippen molar-refractivity contribution in [2.45, 2.75) is 32.7 Å². The maximum Gasteiger partial charge on any atom is 0.218 e. The summed E-state index contributed by atoms with van der Waals surface area (Å²) >= 11 is 0. The van der Waals surface area contributed by atoms with E-state index in [-0.39, 0.29) is 5.54 Å². The van der Waals surface area contributed by atoms with Crippen molar-refractivity contribution in [1.82, 2.24) is 9.97 Å². The fraction of sp³-hybridized carbons (Fsp3) is 0.667. The molecule has 0 aliphatic carbocycles. The van der Waals surface area contributed by atoms with Gasteiger partial charge in [0.25, 0.3) is 0 Å². The molecule has 1 aromatic heterocycles. The van der Waals surface area contributed by atoms with Crippen molar-refractivity contribution in [3.8, 4) is 5.88 Å². The Hall–Kier alpha value is -1.36. The molecule has 0 radical (unpaired) electrons. The van der Waals surface area contributed by atoms with Gasteiger partial charge in [0.05, 0.1) is 6.61 Å². The molecule has 1 aromatic rings. The van der Waals surface area contributed by atoms with E-state index < -0.39 is 0 Å². The minimum atomic E-state index is -0.142. The third kappa shape index (κ3) is 3.56. The molecular formula is C12H22N4O. The lowest BCUT2D eigenvalue weighted by molar-refractivity contribution is 0.304. The standard InChI is InChI=1S/C12H22N4O/c1-5-6-17-11-7-10(14-9-15-11)16(4)12(2,3)8-13/h7,9H,5-6,8,13H2,1-4H3. The monoisotopic (exact) mass is 238 g/mol. The van der Waals surface area contributed by atoms with Gasteiger partial charge in [-0.25, -0.2) is 9.97 Å². The zero-order valence-corrected chi connectivity index (χ0v) is 11.1. The summed E-state index contributed by atoms with van der Waals surface area (Å²) in [5, 5.41) is 0. The summed E-state index contributed by atoms with van der Waals surface area (Å²) in [5.74, 6) is 1.43. The van der Waals surface area contributed by atoms with Crippen molar-refractivity contribution in [2.75, 3.05) is 25.1 Å². The third-order valence-corrected chi connectivity index (χ3v) is 2.83. The fourth-order valence-corrected chi connectivity index (χ4v) is 1.25. The molecule has 1 rings (SSSR count). The van der Waals surface area contributed by atoms with Crippen LogP contribution in [0.2, 0.25) is 0 Å². The minimum Gasteiger partial charge on any atom is -0.478 e. The molecule has 0 aliphatic heterocycles. The van der Waals surface area contributed by atoms with E-state index in [4.69, 9.17) is 10.5 Å². The molecule has 0 spiro atoms. The van der Waals surface area contributed by atoms with Crippen LogP contribution in [0.15, 0.2) is 12.4 Å². The second kappa shape index (κ2) is 5.82. The molecule has 0 aliphatic rings. The van der Waals surface area contributed by atoms with Crippen molar-refractivity contribution >= 4 is 5.82 Å². The zero-order valence-electron chi connectivity index (χ0n) is 11.1. The molecular weight excluding hydrogens is 216 g/mol. The number of anilines is 1. The molecule has 0 amide bonds. The predicted octanol–water partition coefficient (Wildman–Crippen LogP) is 1.44. The number of nitrogens with zero attached hydrogens (tertiary/aromatic N) is 3. The first-order valence-electron chi connectivity index (χ1n) is 5.90. The van der Waals surface area contributed by atoms with Crippen LogP contribution in [-0.2, 0) is 0 Å². The maximum absolute atomic E-state index is 5.75. The van der Waals surface area contributed by atoms with Gasteiger partial charge in [0.1, 0.15) is 12.1 Å².